The van der Waals surface area contributed by atoms with Crippen LogP contribution in [0, 0.1) is 0 Å². The normalized spacial score (nSPS) is 12.5. The van der Waals surface area contributed by atoms with Gasteiger partial charge in [0.05, 0.1) is 6.04 Å². The number of aryl methyl sites for hydroxylation is 1. The van der Waals surface area contributed by atoms with Crippen molar-refractivity contribution in [1.82, 2.24) is 10.6 Å². The van der Waals surface area contributed by atoms with Crippen molar-refractivity contribution < 1.29 is 24.2 Å². The molecule has 4 aromatic rings. The number of nitrogens with two attached hydrogens (primary N) is 2. The fourth-order valence-corrected chi connectivity index (χ4v) is 4.47. The Morgan fingerprint density at radius 2 is 1.36 bits per heavy atom. The van der Waals surface area contributed by atoms with Gasteiger partial charge in [0.15, 0.2) is 0 Å². The highest BCUT2D eigenvalue weighted by atomic mass is 16.5. The number of benzene rings is 4. The Hall–Kier alpha value is -5.48. The van der Waals surface area contributed by atoms with Gasteiger partial charge in [0, 0.05) is 18.5 Å². The van der Waals surface area contributed by atoms with Crippen molar-refractivity contribution in [2.45, 2.75) is 44.5 Å². The molecule has 0 saturated heterocycles. The van der Waals surface area contributed by atoms with Crippen LogP contribution in [0.3, 0.4) is 0 Å². The van der Waals surface area contributed by atoms with Crippen LogP contribution in [0.1, 0.15) is 34.2 Å². The van der Waals surface area contributed by atoms with Crippen molar-refractivity contribution in [3.8, 4) is 5.75 Å². The monoisotopic (exact) mass is 607 g/mol. The molecule has 0 bridgehead atoms. The molecule has 0 aliphatic rings. The van der Waals surface area contributed by atoms with E-state index >= 15 is 0 Å². The molecule has 0 unspecified atom stereocenters. The van der Waals surface area contributed by atoms with E-state index in [1.807, 2.05) is 60.7 Å². The molecule has 232 valence electrons. The van der Waals surface area contributed by atoms with Gasteiger partial charge in [-0.1, -0.05) is 97.1 Å². The van der Waals surface area contributed by atoms with Gasteiger partial charge in [-0.25, -0.2) is 4.79 Å². The van der Waals surface area contributed by atoms with Crippen molar-refractivity contribution in [2.75, 3.05) is 0 Å². The number of amidine groups is 1. The minimum absolute atomic E-state index is 0.00363. The Morgan fingerprint density at radius 1 is 0.756 bits per heavy atom. The summed E-state index contributed by atoms with van der Waals surface area (Å²) in [6.07, 6.45) is 0.460. The molecule has 10 nitrogen and oxygen atoms in total. The predicted molar refractivity (Wildman–Crippen MR) is 172 cm³/mol. The highest BCUT2D eigenvalue weighted by Gasteiger charge is 2.24. The summed E-state index contributed by atoms with van der Waals surface area (Å²) in [7, 11) is 0. The van der Waals surface area contributed by atoms with E-state index in [0.717, 1.165) is 22.3 Å². The third-order valence-electron chi connectivity index (χ3n) is 7.07. The van der Waals surface area contributed by atoms with E-state index < -0.39 is 30.0 Å². The summed E-state index contributed by atoms with van der Waals surface area (Å²) in [6.45, 7) is 0.264. The number of phenols is 1. The number of hydrogen-bond acceptors (Lipinski definition) is 6. The van der Waals surface area contributed by atoms with Gasteiger partial charge in [-0.2, -0.15) is 4.99 Å². The van der Waals surface area contributed by atoms with E-state index in [0.29, 0.717) is 18.4 Å². The molecule has 0 fully saturated rings. The van der Waals surface area contributed by atoms with Crippen molar-refractivity contribution in [3.05, 3.63) is 137 Å². The van der Waals surface area contributed by atoms with Gasteiger partial charge in [-0.3, -0.25) is 9.59 Å². The maximum absolute atomic E-state index is 13.3. The Labute approximate surface area is 262 Å². The Bertz CT molecular complexity index is 1580. The molecule has 10 heteroatoms. The molecule has 45 heavy (non-hydrogen) atoms. The van der Waals surface area contributed by atoms with E-state index in [2.05, 4.69) is 15.6 Å². The van der Waals surface area contributed by atoms with Crippen LogP contribution in [-0.2, 0) is 40.3 Å². The lowest BCUT2D eigenvalue weighted by molar-refractivity contribution is -0.129. The van der Waals surface area contributed by atoms with E-state index in [9.17, 15) is 19.5 Å². The van der Waals surface area contributed by atoms with Crippen molar-refractivity contribution >= 4 is 23.7 Å². The van der Waals surface area contributed by atoms with Crippen LogP contribution in [0.5, 0.6) is 5.75 Å². The van der Waals surface area contributed by atoms with E-state index in [-0.39, 0.29) is 31.2 Å². The fourth-order valence-electron chi connectivity index (χ4n) is 4.47. The molecule has 7 N–H and O–H groups in total. The first kappa shape index (κ1) is 32.4. The maximum atomic E-state index is 13.3. The second-order valence-corrected chi connectivity index (χ2v) is 10.5. The minimum atomic E-state index is -0.895. The molecule has 3 amide bonds. The van der Waals surface area contributed by atoms with Crippen molar-refractivity contribution in [1.29, 1.82) is 0 Å². The lowest BCUT2D eigenvalue weighted by atomic mass is 10.0. The average molecular weight is 608 g/mol. The number of aromatic hydroxyl groups is 1. The molecule has 0 radical (unpaired) electrons. The van der Waals surface area contributed by atoms with Crippen LogP contribution in [0.25, 0.3) is 0 Å². The van der Waals surface area contributed by atoms with Gasteiger partial charge in [-0.05, 0) is 47.2 Å². The number of rotatable bonds is 13. The zero-order valence-corrected chi connectivity index (χ0v) is 24.8. The van der Waals surface area contributed by atoms with Crippen LogP contribution < -0.4 is 22.1 Å². The van der Waals surface area contributed by atoms with E-state index in [1.54, 1.807) is 36.4 Å². The Morgan fingerprint density at radius 3 is 2.00 bits per heavy atom. The van der Waals surface area contributed by atoms with Crippen LogP contribution in [0.2, 0.25) is 0 Å². The third-order valence-corrected chi connectivity index (χ3v) is 7.07. The molecule has 2 atom stereocenters. The van der Waals surface area contributed by atoms with Gasteiger partial charge >= 0.3 is 6.09 Å². The SMILES string of the molecule is NC(=NC(=O)OCc1ccccc1)c1ccc(CNC(=O)[C@H](Cc2ccc(O)cc2)NC(=O)[C@H](N)CCc2ccccc2)cc1. The number of aliphatic imine (C=N–C) groups is 1. The quantitative estimate of drug-likeness (QED) is 0.114. The van der Waals surface area contributed by atoms with Gasteiger partial charge in [0.1, 0.15) is 24.2 Å². The number of ether oxygens (including phenoxy) is 1. The Balaban J connectivity index is 1.33. The van der Waals surface area contributed by atoms with Gasteiger partial charge in [0.2, 0.25) is 11.8 Å². The number of carbonyl (C=O) groups excluding carboxylic acids is 3. The first-order chi connectivity index (χ1) is 21.8. The zero-order valence-electron chi connectivity index (χ0n) is 24.8. The first-order valence-corrected chi connectivity index (χ1v) is 14.6. The molecule has 0 saturated carbocycles. The summed E-state index contributed by atoms with van der Waals surface area (Å²) in [5.74, 6) is -0.710. The van der Waals surface area contributed by atoms with E-state index in [1.165, 1.54) is 12.1 Å². The number of hydrogen-bond donors (Lipinski definition) is 5. The molecule has 0 spiro atoms. The largest absolute Gasteiger partial charge is 0.508 e. The summed E-state index contributed by atoms with van der Waals surface area (Å²) in [5, 5.41) is 15.3. The molecule has 0 aliphatic carbocycles. The molecule has 4 rings (SSSR count). The van der Waals surface area contributed by atoms with Crippen LogP contribution in [0.4, 0.5) is 4.79 Å². The average Bonchev–Trinajstić information content (AvgIpc) is 3.07. The number of phenolic OH excluding ortho intramolecular Hbond substituents is 1. The maximum Gasteiger partial charge on any atom is 0.435 e. The summed E-state index contributed by atoms with van der Waals surface area (Å²) >= 11 is 0. The molecule has 0 aromatic heterocycles. The first-order valence-electron chi connectivity index (χ1n) is 14.6. The molecule has 0 heterocycles. The lowest BCUT2D eigenvalue weighted by Gasteiger charge is -2.21. The van der Waals surface area contributed by atoms with Gasteiger partial charge in [0.25, 0.3) is 0 Å². The van der Waals surface area contributed by atoms with Crippen molar-refractivity contribution in [3.63, 3.8) is 0 Å². The predicted octanol–water partition coefficient (Wildman–Crippen LogP) is 3.74. The number of nitrogens with zero attached hydrogens (tertiary/aromatic N) is 1. The highest BCUT2D eigenvalue weighted by molar-refractivity contribution is 6.02. The second-order valence-electron chi connectivity index (χ2n) is 10.5. The van der Waals surface area contributed by atoms with E-state index in [4.69, 9.17) is 16.2 Å². The number of carbonyl (C=O) groups is 3. The smallest absolute Gasteiger partial charge is 0.435 e. The standard InChI is InChI=1S/C35H37N5O5/c36-30(20-15-24-7-3-1-4-8-24)33(42)39-31(21-25-13-18-29(41)19-14-25)34(43)38-22-26-11-16-28(17-12-26)32(37)40-35(44)45-23-27-9-5-2-6-10-27/h1-14,16-19,30-31,41H,15,20-23,36H2,(H,38,43)(H,39,42)(H2,37,40,44)/t30-,31+/m1/s1. The molecule has 4 aromatic carbocycles. The number of nitrogens with one attached hydrogen (secondary N) is 2. The number of amides is 3. The van der Waals surface area contributed by atoms with Crippen molar-refractivity contribution in [2.24, 2.45) is 16.5 Å². The van der Waals surface area contributed by atoms with Gasteiger partial charge in [-0.15, -0.1) is 0 Å². The van der Waals surface area contributed by atoms with Crippen LogP contribution in [-0.4, -0.2) is 40.9 Å². The summed E-state index contributed by atoms with van der Waals surface area (Å²) in [6, 6.07) is 30.6. The third kappa shape index (κ3) is 10.6. The summed E-state index contributed by atoms with van der Waals surface area (Å²) < 4.78 is 5.15. The highest BCUT2D eigenvalue weighted by Crippen LogP contribution is 2.13. The summed E-state index contributed by atoms with van der Waals surface area (Å²) in [5.41, 5.74) is 16.1. The Kier molecular flexibility index (Phi) is 11.8. The van der Waals surface area contributed by atoms with Crippen LogP contribution >= 0.6 is 0 Å². The lowest BCUT2D eigenvalue weighted by Crippen LogP contribution is -2.52. The second kappa shape index (κ2) is 16.4. The molecule has 0 aliphatic heterocycles. The van der Waals surface area contributed by atoms with Crippen LogP contribution in [0.15, 0.2) is 114 Å². The summed E-state index contributed by atoms with van der Waals surface area (Å²) in [4.78, 5) is 42.1. The van der Waals surface area contributed by atoms with Gasteiger partial charge < -0.3 is 31.9 Å². The minimum Gasteiger partial charge on any atom is -0.508 e. The molecular formula is C35H37N5O5. The fraction of sp³-hybridized carbons (Fsp3) is 0.200. The topological polar surface area (TPSA) is 169 Å². The zero-order chi connectivity index (χ0) is 32.0. The molecular weight excluding hydrogens is 570 g/mol.